The number of nitrogens with one attached hydrogen (secondary N) is 1. The molecule has 0 aliphatic rings. The highest BCUT2D eigenvalue weighted by Crippen LogP contribution is 2.31. The van der Waals surface area contributed by atoms with E-state index >= 15 is 0 Å². The Balaban J connectivity index is 3.03. The number of aryl methyl sites for hydroxylation is 1. The SMILES string of the molecule is CCC(CO)Nc1cc(C)c([N+](=O)[O-])cc1Br. The molecule has 0 aliphatic heterocycles. The monoisotopic (exact) mass is 302 g/mol. The molecule has 0 saturated heterocycles. The normalized spacial score (nSPS) is 12.2. The Kier molecular flexibility index (Phi) is 4.89. The van der Waals surface area contributed by atoms with Crippen molar-refractivity contribution in [2.24, 2.45) is 0 Å². The summed E-state index contributed by atoms with van der Waals surface area (Å²) in [5.74, 6) is 0. The molecular formula is C11H15BrN2O3. The van der Waals surface area contributed by atoms with Gasteiger partial charge in [-0.15, -0.1) is 0 Å². The molecule has 0 fully saturated rings. The summed E-state index contributed by atoms with van der Waals surface area (Å²) in [6.45, 7) is 3.68. The van der Waals surface area contributed by atoms with Crippen molar-refractivity contribution >= 4 is 27.3 Å². The van der Waals surface area contributed by atoms with Crippen LogP contribution in [-0.4, -0.2) is 22.7 Å². The van der Waals surface area contributed by atoms with Crippen LogP contribution in [0.5, 0.6) is 0 Å². The summed E-state index contributed by atoms with van der Waals surface area (Å²) in [5, 5.41) is 23.0. The second-order valence-electron chi connectivity index (χ2n) is 3.81. The summed E-state index contributed by atoms with van der Waals surface area (Å²) in [6.07, 6.45) is 0.777. The number of nitro groups is 1. The first-order valence-corrected chi connectivity index (χ1v) is 6.10. The Hall–Kier alpha value is -1.14. The third-order valence-electron chi connectivity index (χ3n) is 2.56. The van der Waals surface area contributed by atoms with Crippen molar-refractivity contribution < 1.29 is 10.0 Å². The fourth-order valence-corrected chi connectivity index (χ4v) is 1.92. The predicted octanol–water partition coefficient (Wildman–Crippen LogP) is 2.85. The van der Waals surface area contributed by atoms with Gasteiger partial charge in [0.1, 0.15) is 0 Å². The van der Waals surface area contributed by atoms with E-state index in [1.807, 2.05) is 6.92 Å². The molecule has 94 valence electrons. The third kappa shape index (κ3) is 3.41. The van der Waals surface area contributed by atoms with Gasteiger partial charge in [0.05, 0.1) is 11.5 Å². The van der Waals surface area contributed by atoms with Gasteiger partial charge in [0.2, 0.25) is 0 Å². The van der Waals surface area contributed by atoms with Gasteiger partial charge < -0.3 is 10.4 Å². The zero-order valence-corrected chi connectivity index (χ0v) is 11.3. The number of halogens is 1. The van der Waals surface area contributed by atoms with Crippen LogP contribution < -0.4 is 5.32 Å². The molecule has 0 aromatic heterocycles. The van der Waals surface area contributed by atoms with Gasteiger partial charge in [-0.05, 0) is 35.3 Å². The number of aliphatic hydroxyl groups excluding tert-OH is 1. The number of nitrogens with zero attached hydrogens (tertiary/aromatic N) is 1. The molecule has 2 N–H and O–H groups in total. The maximum Gasteiger partial charge on any atom is 0.273 e. The quantitative estimate of drug-likeness (QED) is 0.648. The first kappa shape index (κ1) is 13.9. The Morgan fingerprint density at radius 2 is 2.24 bits per heavy atom. The van der Waals surface area contributed by atoms with E-state index in [0.717, 1.165) is 12.1 Å². The van der Waals surface area contributed by atoms with Crippen LogP contribution in [-0.2, 0) is 0 Å². The minimum Gasteiger partial charge on any atom is -0.394 e. The number of nitro benzene ring substituents is 1. The van der Waals surface area contributed by atoms with Gasteiger partial charge in [0.25, 0.3) is 5.69 Å². The zero-order valence-electron chi connectivity index (χ0n) is 9.74. The van der Waals surface area contributed by atoms with E-state index in [9.17, 15) is 10.1 Å². The Morgan fingerprint density at radius 3 is 2.71 bits per heavy atom. The molecule has 5 nitrogen and oxygen atoms in total. The van der Waals surface area contributed by atoms with Gasteiger partial charge in [-0.3, -0.25) is 10.1 Å². The van der Waals surface area contributed by atoms with Gasteiger partial charge in [0.15, 0.2) is 0 Å². The number of benzene rings is 1. The largest absolute Gasteiger partial charge is 0.394 e. The van der Waals surface area contributed by atoms with Crippen molar-refractivity contribution in [2.45, 2.75) is 26.3 Å². The lowest BCUT2D eigenvalue weighted by Crippen LogP contribution is -2.22. The fraction of sp³-hybridized carbons (Fsp3) is 0.455. The van der Waals surface area contributed by atoms with Crippen LogP contribution in [0.1, 0.15) is 18.9 Å². The highest BCUT2D eigenvalue weighted by atomic mass is 79.9. The maximum absolute atomic E-state index is 10.7. The molecule has 0 saturated carbocycles. The minimum absolute atomic E-state index is 0.0268. The average molecular weight is 303 g/mol. The topological polar surface area (TPSA) is 75.4 Å². The molecule has 6 heteroatoms. The van der Waals surface area contributed by atoms with Gasteiger partial charge in [-0.2, -0.15) is 0 Å². The number of aliphatic hydroxyl groups is 1. The Morgan fingerprint density at radius 1 is 1.59 bits per heavy atom. The van der Waals surface area contributed by atoms with E-state index in [0.29, 0.717) is 10.0 Å². The van der Waals surface area contributed by atoms with Crippen molar-refractivity contribution in [3.8, 4) is 0 Å². The minimum atomic E-state index is -0.410. The van der Waals surface area contributed by atoms with Crippen LogP contribution >= 0.6 is 15.9 Å². The summed E-state index contributed by atoms with van der Waals surface area (Å²) in [6, 6.07) is 3.13. The van der Waals surface area contributed by atoms with Crippen molar-refractivity contribution in [1.82, 2.24) is 0 Å². The van der Waals surface area contributed by atoms with Crippen molar-refractivity contribution in [1.29, 1.82) is 0 Å². The average Bonchev–Trinajstić information content (AvgIpc) is 2.29. The van der Waals surface area contributed by atoms with Crippen LogP contribution in [0.3, 0.4) is 0 Å². The second-order valence-corrected chi connectivity index (χ2v) is 4.66. The molecule has 1 rings (SSSR count). The molecule has 0 aliphatic carbocycles. The summed E-state index contributed by atoms with van der Waals surface area (Å²) < 4.78 is 0.627. The summed E-state index contributed by atoms with van der Waals surface area (Å²) in [7, 11) is 0. The molecule has 0 radical (unpaired) electrons. The standard InChI is InChI=1S/C11H15BrN2O3/c1-3-8(6-15)13-10-4-7(2)11(14(16)17)5-9(10)12/h4-5,8,13,15H,3,6H2,1-2H3. The van der Waals surface area contributed by atoms with E-state index < -0.39 is 4.92 Å². The summed E-state index contributed by atoms with van der Waals surface area (Å²) in [5.41, 5.74) is 1.43. The number of rotatable bonds is 5. The molecule has 1 aromatic carbocycles. The van der Waals surface area contributed by atoms with Crippen LogP contribution in [0.2, 0.25) is 0 Å². The van der Waals surface area contributed by atoms with Crippen molar-refractivity contribution in [3.63, 3.8) is 0 Å². The van der Waals surface area contributed by atoms with E-state index in [1.165, 1.54) is 6.07 Å². The maximum atomic E-state index is 10.7. The lowest BCUT2D eigenvalue weighted by atomic mass is 10.1. The van der Waals surface area contributed by atoms with E-state index in [1.54, 1.807) is 13.0 Å². The van der Waals surface area contributed by atoms with E-state index in [2.05, 4.69) is 21.2 Å². The Labute approximate surface area is 108 Å². The lowest BCUT2D eigenvalue weighted by molar-refractivity contribution is -0.385. The molecular weight excluding hydrogens is 288 g/mol. The highest BCUT2D eigenvalue weighted by Gasteiger charge is 2.15. The van der Waals surface area contributed by atoms with E-state index in [-0.39, 0.29) is 18.3 Å². The van der Waals surface area contributed by atoms with Crippen LogP contribution in [0, 0.1) is 17.0 Å². The van der Waals surface area contributed by atoms with Crippen LogP contribution in [0.15, 0.2) is 16.6 Å². The zero-order chi connectivity index (χ0) is 13.0. The molecule has 1 unspecified atom stereocenters. The van der Waals surface area contributed by atoms with E-state index in [4.69, 9.17) is 5.11 Å². The number of anilines is 1. The van der Waals surface area contributed by atoms with Crippen LogP contribution in [0.4, 0.5) is 11.4 Å². The highest BCUT2D eigenvalue weighted by molar-refractivity contribution is 9.10. The summed E-state index contributed by atoms with van der Waals surface area (Å²) >= 11 is 3.29. The lowest BCUT2D eigenvalue weighted by Gasteiger charge is -2.17. The molecule has 0 amide bonds. The molecule has 0 heterocycles. The number of hydrogen-bond acceptors (Lipinski definition) is 4. The molecule has 17 heavy (non-hydrogen) atoms. The number of hydrogen-bond donors (Lipinski definition) is 2. The van der Waals surface area contributed by atoms with Gasteiger partial charge in [-0.1, -0.05) is 6.92 Å². The summed E-state index contributed by atoms with van der Waals surface area (Å²) in [4.78, 5) is 10.3. The van der Waals surface area contributed by atoms with Crippen LogP contribution in [0.25, 0.3) is 0 Å². The second kappa shape index (κ2) is 5.97. The first-order chi connectivity index (χ1) is 7.99. The van der Waals surface area contributed by atoms with Crippen molar-refractivity contribution in [3.05, 3.63) is 32.3 Å². The van der Waals surface area contributed by atoms with Gasteiger partial charge >= 0.3 is 0 Å². The molecule has 1 atom stereocenters. The first-order valence-electron chi connectivity index (χ1n) is 5.31. The smallest absolute Gasteiger partial charge is 0.273 e. The van der Waals surface area contributed by atoms with Crippen molar-refractivity contribution in [2.75, 3.05) is 11.9 Å². The molecule has 1 aromatic rings. The van der Waals surface area contributed by atoms with Gasteiger partial charge in [0, 0.05) is 27.8 Å². The molecule has 0 spiro atoms. The predicted molar refractivity (Wildman–Crippen MR) is 70.3 cm³/mol. The Bertz CT molecular complexity index is 419. The molecule has 0 bridgehead atoms. The third-order valence-corrected chi connectivity index (χ3v) is 3.21. The fourth-order valence-electron chi connectivity index (χ4n) is 1.48. The van der Waals surface area contributed by atoms with Gasteiger partial charge in [-0.25, -0.2) is 0 Å².